The summed E-state index contributed by atoms with van der Waals surface area (Å²) in [6, 6.07) is 15.9. The van der Waals surface area contributed by atoms with E-state index in [2.05, 4.69) is 17.2 Å². The average molecular weight is 686 g/mol. The van der Waals surface area contributed by atoms with E-state index in [4.69, 9.17) is 9.47 Å². The highest BCUT2D eigenvalue weighted by atomic mass is 16.6. The lowest BCUT2D eigenvalue weighted by atomic mass is 9.96. The minimum absolute atomic E-state index is 0.103. The van der Waals surface area contributed by atoms with E-state index in [0.29, 0.717) is 18.4 Å². The second-order valence-electron chi connectivity index (χ2n) is 13.9. The third kappa shape index (κ3) is 9.62. The summed E-state index contributed by atoms with van der Waals surface area (Å²) >= 11 is 0. The molecule has 9 heteroatoms. The van der Waals surface area contributed by atoms with E-state index in [0.717, 1.165) is 41.5 Å². The molecule has 1 aromatic heterocycles. The highest BCUT2D eigenvalue weighted by Crippen LogP contribution is 2.44. The van der Waals surface area contributed by atoms with Gasteiger partial charge in [0.2, 0.25) is 5.91 Å². The van der Waals surface area contributed by atoms with Crippen LogP contribution in [0.15, 0.2) is 64.3 Å². The van der Waals surface area contributed by atoms with Gasteiger partial charge < -0.3 is 14.8 Å². The van der Waals surface area contributed by atoms with Crippen LogP contribution in [-0.2, 0) is 25.5 Å². The number of rotatable bonds is 20. The first-order chi connectivity index (χ1) is 24.4. The third-order valence-corrected chi connectivity index (χ3v) is 10.3. The standard InChI is InChI=1S/C41H55N3O6/c1-3-5-6-7-8-9-10-11-12-13-14-15-16-25-37(45)50-34-26-36(44-28-29(4-2)39(46)43-41(44)48)49-35(34)27-42-40(47)38-32-23-19-17-21-30(32)31-22-18-20-24-33(31)38/h17-24,28,34-36,38H,3-16,25-27H2,1-2H3,(H,42,47)(H,43,46,48)/t34?,35-,36-/m0/s1. The molecule has 50 heavy (non-hydrogen) atoms. The van der Waals surface area contributed by atoms with Gasteiger partial charge in [-0.2, -0.15) is 0 Å². The first kappa shape index (κ1) is 37.3. The molecule has 2 heterocycles. The SMILES string of the molecule is CCCCCCCCCCCCCCCC(=O)OC1C[C@@H](n2cc(CC)c(=O)[nH]c2=O)O[C@H]1CNC(=O)C1c2ccccc2-c2ccccc21. The maximum Gasteiger partial charge on any atom is 0.330 e. The fraction of sp³-hybridized carbons (Fsp3) is 0.561. The van der Waals surface area contributed by atoms with Crippen molar-refractivity contribution in [1.82, 2.24) is 14.9 Å². The lowest BCUT2D eigenvalue weighted by molar-refractivity contribution is -0.152. The van der Waals surface area contributed by atoms with Crippen LogP contribution in [0.25, 0.3) is 11.1 Å². The number of esters is 1. The molecule has 9 nitrogen and oxygen atoms in total. The van der Waals surface area contributed by atoms with E-state index >= 15 is 0 Å². The zero-order valence-corrected chi connectivity index (χ0v) is 29.9. The lowest BCUT2D eigenvalue weighted by Crippen LogP contribution is -2.40. The molecule has 1 unspecified atom stereocenters. The van der Waals surface area contributed by atoms with E-state index in [9.17, 15) is 19.2 Å². The number of aryl methyl sites for hydroxylation is 1. The zero-order chi connectivity index (χ0) is 35.3. The van der Waals surface area contributed by atoms with Crippen molar-refractivity contribution in [3.8, 4) is 11.1 Å². The predicted octanol–water partition coefficient (Wildman–Crippen LogP) is 7.71. The van der Waals surface area contributed by atoms with Crippen LogP contribution >= 0.6 is 0 Å². The fourth-order valence-corrected chi connectivity index (χ4v) is 7.43. The Bertz CT molecular complexity index is 1630. The number of fused-ring (bicyclic) bond motifs is 3. The Morgan fingerprint density at radius 1 is 0.820 bits per heavy atom. The van der Waals surface area contributed by atoms with Crippen molar-refractivity contribution in [2.24, 2.45) is 0 Å². The number of hydrogen-bond donors (Lipinski definition) is 2. The van der Waals surface area contributed by atoms with E-state index < -0.39 is 35.6 Å². The van der Waals surface area contributed by atoms with Gasteiger partial charge >= 0.3 is 11.7 Å². The van der Waals surface area contributed by atoms with Gasteiger partial charge in [-0.05, 0) is 35.1 Å². The molecule has 1 aliphatic carbocycles. The summed E-state index contributed by atoms with van der Waals surface area (Å²) in [4.78, 5) is 54.2. The Balaban J connectivity index is 1.14. The highest BCUT2D eigenvalue weighted by Gasteiger charge is 2.41. The van der Waals surface area contributed by atoms with Crippen LogP contribution in [0.5, 0.6) is 0 Å². The monoisotopic (exact) mass is 685 g/mol. The van der Waals surface area contributed by atoms with Crippen molar-refractivity contribution in [3.63, 3.8) is 0 Å². The maximum atomic E-state index is 13.8. The number of carbonyl (C=O) groups is 2. The molecule has 0 spiro atoms. The van der Waals surface area contributed by atoms with E-state index in [-0.39, 0.29) is 24.8 Å². The molecule has 0 radical (unpaired) electrons. The van der Waals surface area contributed by atoms with Gasteiger partial charge in [0, 0.05) is 31.1 Å². The van der Waals surface area contributed by atoms with Crippen molar-refractivity contribution in [3.05, 3.63) is 92.3 Å². The van der Waals surface area contributed by atoms with Crippen LogP contribution in [0, 0.1) is 0 Å². The number of unbranched alkanes of at least 4 members (excludes halogenated alkanes) is 12. The first-order valence-corrected chi connectivity index (χ1v) is 19.1. The summed E-state index contributed by atoms with van der Waals surface area (Å²) < 4.78 is 13.6. The average Bonchev–Trinajstić information content (AvgIpc) is 3.67. The minimum atomic E-state index is -0.756. The Kier molecular flexibility index (Phi) is 14.1. The van der Waals surface area contributed by atoms with Crippen LogP contribution in [-0.4, -0.2) is 40.2 Å². The van der Waals surface area contributed by atoms with Crippen molar-refractivity contribution in [2.75, 3.05) is 6.54 Å². The van der Waals surface area contributed by atoms with Crippen LogP contribution in [0.3, 0.4) is 0 Å². The van der Waals surface area contributed by atoms with Gasteiger partial charge in [-0.15, -0.1) is 0 Å². The topological polar surface area (TPSA) is 119 Å². The summed E-state index contributed by atoms with van der Waals surface area (Å²) in [6.45, 7) is 4.20. The largest absolute Gasteiger partial charge is 0.459 e. The molecule has 0 bridgehead atoms. The Labute approximate surface area is 296 Å². The van der Waals surface area contributed by atoms with Crippen molar-refractivity contribution >= 4 is 11.9 Å². The smallest absolute Gasteiger partial charge is 0.330 e. The number of aromatic nitrogens is 2. The number of hydrogen-bond acceptors (Lipinski definition) is 6. The van der Waals surface area contributed by atoms with Gasteiger partial charge in [0.05, 0.1) is 5.92 Å². The number of H-pyrrole nitrogens is 1. The number of benzene rings is 2. The third-order valence-electron chi connectivity index (χ3n) is 10.3. The Hall–Kier alpha value is -3.98. The van der Waals surface area contributed by atoms with E-state index in [1.807, 2.05) is 55.5 Å². The molecule has 3 aromatic rings. The van der Waals surface area contributed by atoms with Gasteiger partial charge in [0.15, 0.2) is 0 Å². The van der Waals surface area contributed by atoms with Crippen LogP contribution in [0.1, 0.15) is 139 Å². The van der Waals surface area contributed by atoms with Gasteiger partial charge in [-0.3, -0.25) is 23.9 Å². The molecule has 3 atom stereocenters. The number of carbonyl (C=O) groups excluding carboxylic acids is 2. The molecule has 2 N–H and O–H groups in total. The second kappa shape index (κ2) is 18.9. The first-order valence-electron chi connectivity index (χ1n) is 19.1. The van der Waals surface area contributed by atoms with Crippen molar-refractivity contribution in [1.29, 1.82) is 0 Å². The van der Waals surface area contributed by atoms with Crippen LogP contribution < -0.4 is 16.6 Å². The van der Waals surface area contributed by atoms with Gasteiger partial charge in [0.1, 0.15) is 18.4 Å². The molecular weight excluding hydrogens is 630 g/mol. The van der Waals surface area contributed by atoms with E-state index in [1.54, 1.807) is 0 Å². The predicted molar refractivity (Wildman–Crippen MR) is 196 cm³/mol. The Morgan fingerprint density at radius 3 is 1.96 bits per heavy atom. The Morgan fingerprint density at radius 2 is 1.38 bits per heavy atom. The molecular formula is C41H55N3O6. The second-order valence-corrected chi connectivity index (χ2v) is 13.9. The molecule has 1 aliphatic heterocycles. The summed E-state index contributed by atoms with van der Waals surface area (Å²) in [5.41, 5.74) is 3.44. The lowest BCUT2D eigenvalue weighted by Gasteiger charge is -2.21. The molecule has 1 saturated heterocycles. The van der Waals surface area contributed by atoms with Crippen molar-refractivity contribution in [2.45, 2.75) is 141 Å². The molecule has 0 saturated carbocycles. The van der Waals surface area contributed by atoms with Crippen LogP contribution in [0.4, 0.5) is 0 Å². The molecule has 2 aliphatic rings. The van der Waals surface area contributed by atoms with Crippen LogP contribution in [0.2, 0.25) is 0 Å². The van der Waals surface area contributed by atoms with Gasteiger partial charge in [-0.25, -0.2) is 4.79 Å². The van der Waals surface area contributed by atoms with Crippen molar-refractivity contribution < 1.29 is 19.1 Å². The number of nitrogens with one attached hydrogen (secondary N) is 2. The molecule has 270 valence electrons. The minimum Gasteiger partial charge on any atom is -0.459 e. The summed E-state index contributed by atoms with van der Waals surface area (Å²) in [5, 5.41) is 3.07. The van der Waals surface area contributed by atoms with Gasteiger partial charge in [-0.1, -0.05) is 139 Å². The quantitative estimate of drug-likeness (QED) is 0.0929. The number of amides is 1. The highest BCUT2D eigenvalue weighted by molar-refractivity contribution is 5.96. The number of ether oxygens (including phenoxy) is 2. The summed E-state index contributed by atoms with van der Waals surface area (Å²) in [7, 11) is 0. The van der Waals surface area contributed by atoms with Gasteiger partial charge in [0.25, 0.3) is 5.56 Å². The fourth-order valence-electron chi connectivity index (χ4n) is 7.43. The molecule has 5 rings (SSSR count). The van der Waals surface area contributed by atoms with E-state index in [1.165, 1.54) is 75.0 Å². The maximum absolute atomic E-state index is 13.8. The normalized spacial score (nSPS) is 18.2. The molecule has 1 fully saturated rings. The zero-order valence-electron chi connectivity index (χ0n) is 29.9. The number of nitrogens with zero attached hydrogens (tertiary/aromatic N) is 1. The number of aromatic amines is 1. The molecule has 2 aromatic carbocycles. The summed E-state index contributed by atoms with van der Waals surface area (Å²) in [6.07, 6.45) is 16.4. The molecule has 1 amide bonds. The summed E-state index contributed by atoms with van der Waals surface area (Å²) in [5.74, 6) is -0.939.